The van der Waals surface area contributed by atoms with E-state index in [0.29, 0.717) is 6.54 Å². The molecule has 138 valence electrons. The predicted molar refractivity (Wildman–Crippen MR) is 113 cm³/mol. The molecule has 5 nitrogen and oxygen atoms in total. The smallest absolute Gasteiger partial charge is 0.191 e. The standard InChI is InChI=1S/C17H29N3O2S.HI/c1-14(2)6-5-11-19-17(18-3)20-12-15-7-9-16(10-8-15)13-23(4,21)22;/h7-10,14H,5-6,11-13H2,1-4H3,(H2,18,19,20);1H. The molecule has 0 saturated heterocycles. The van der Waals surface area contributed by atoms with Crippen molar-refractivity contribution in [2.75, 3.05) is 19.8 Å². The molecular formula is C17H30IN3O2S. The van der Waals surface area contributed by atoms with Crippen molar-refractivity contribution >= 4 is 39.8 Å². The van der Waals surface area contributed by atoms with E-state index >= 15 is 0 Å². The molecule has 0 aliphatic carbocycles. The monoisotopic (exact) mass is 467 g/mol. The third-order valence-electron chi connectivity index (χ3n) is 3.39. The largest absolute Gasteiger partial charge is 0.356 e. The Bertz CT molecular complexity index is 599. The molecule has 2 N–H and O–H groups in total. The summed E-state index contributed by atoms with van der Waals surface area (Å²) in [6.45, 7) is 6.01. The Kier molecular flexibility index (Phi) is 11.3. The van der Waals surface area contributed by atoms with Crippen LogP contribution in [0, 0.1) is 5.92 Å². The molecule has 1 aromatic rings. The van der Waals surface area contributed by atoms with Crippen LogP contribution < -0.4 is 10.6 Å². The van der Waals surface area contributed by atoms with Crippen LogP contribution in [0.25, 0.3) is 0 Å². The first kappa shape index (κ1) is 23.2. The predicted octanol–water partition coefficient (Wildman–Crippen LogP) is 2.95. The van der Waals surface area contributed by atoms with Gasteiger partial charge in [-0.1, -0.05) is 38.1 Å². The molecule has 0 saturated carbocycles. The SMILES string of the molecule is CN=C(NCCCC(C)C)NCc1ccc(CS(C)(=O)=O)cc1.I. The highest BCUT2D eigenvalue weighted by atomic mass is 127. The van der Waals surface area contributed by atoms with Crippen LogP contribution in [-0.2, 0) is 22.1 Å². The van der Waals surface area contributed by atoms with Crippen LogP contribution in [0.5, 0.6) is 0 Å². The highest BCUT2D eigenvalue weighted by molar-refractivity contribution is 14.0. The highest BCUT2D eigenvalue weighted by Gasteiger charge is 2.04. The zero-order valence-corrected chi connectivity index (χ0v) is 18.1. The summed E-state index contributed by atoms with van der Waals surface area (Å²) in [6, 6.07) is 7.60. The fourth-order valence-corrected chi connectivity index (χ4v) is 2.98. The van der Waals surface area contributed by atoms with Crippen molar-refractivity contribution in [3.63, 3.8) is 0 Å². The number of guanidine groups is 1. The van der Waals surface area contributed by atoms with Crippen molar-refractivity contribution < 1.29 is 8.42 Å². The molecule has 0 heterocycles. The third-order valence-corrected chi connectivity index (χ3v) is 4.24. The van der Waals surface area contributed by atoms with Crippen LogP contribution in [-0.4, -0.2) is 34.2 Å². The molecule has 0 amide bonds. The van der Waals surface area contributed by atoms with E-state index in [2.05, 4.69) is 29.5 Å². The Labute approximate surface area is 163 Å². The van der Waals surface area contributed by atoms with Crippen molar-refractivity contribution in [2.45, 2.75) is 39.0 Å². The summed E-state index contributed by atoms with van der Waals surface area (Å²) in [6.07, 6.45) is 3.57. The Morgan fingerprint density at radius 3 is 2.21 bits per heavy atom. The van der Waals surface area contributed by atoms with Crippen molar-refractivity contribution in [2.24, 2.45) is 10.9 Å². The normalized spacial score (nSPS) is 12.0. The van der Waals surface area contributed by atoms with Crippen molar-refractivity contribution in [1.82, 2.24) is 10.6 Å². The lowest BCUT2D eigenvalue weighted by molar-refractivity contribution is 0.549. The van der Waals surface area contributed by atoms with Gasteiger partial charge < -0.3 is 10.6 Å². The van der Waals surface area contributed by atoms with Gasteiger partial charge in [0.15, 0.2) is 15.8 Å². The summed E-state index contributed by atoms with van der Waals surface area (Å²) >= 11 is 0. The van der Waals surface area contributed by atoms with Crippen LogP contribution in [0.3, 0.4) is 0 Å². The molecule has 0 aromatic heterocycles. The van der Waals surface area contributed by atoms with Gasteiger partial charge >= 0.3 is 0 Å². The minimum atomic E-state index is -2.98. The Morgan fingerprint density at radius 1 is 1.12 bits per heavy atom. The maximum Gasteiger partial charge on any atom is 0.191 e. The van der Waals surface area contributed by atoms with E-state index in [-0.39, 0.29) is 29.7 Å². The van der Waals surface area contributed by atoms with Crippen LogP contribution >= 0.6 is 24.0 Å². The Morgan fingerprint density at radius 2 is 1.71 bits per heavy atom. The molecule has 0 aliphatic rings. The van der Waals surface area contributed by atoms with Crippen molar-refractivity contribution in [3.8, 4) is 0 Å². The second-order valence-electron chi connectivity index (χ2n) is 6.28. The van der Waals surface area contributed by atoms with Crippen LogP contribution in [0.2, 0.25) is 0 Å². The summed E-state index contributed by atoms with van der Waals surface area (Å²) in [7, 11) is -1.23. The summed E-state index contributed by atoms with van der Waals surface area (Å²) in [5.74, 6) is 1.59. The van der Waals surface area contributed by atoms with Crippen LogP contribution in [0.1, 0.15) is 37.8 Å². The van der Waals surface area contributed by atoms with E-state index in [4.69, 9.17) is 0 Å². The van der Waals surface area contributed by atoms with Gasteiger partial charge in [0.25, 0.3) is 0 Å². The maximum atomic E-state index is 11.3. The van der Waals surface area contributed by atoms with E-state index in [9.17, 15) is 8.42 Å². The Balaban J connectivity index is 0.00000529. The van der Waals surface area contributed by atoms with Crippen LogP contribution in [0.15, 0.2) is 29.3 Å². The van der Waals surface area contributed by atoms with E-state index in [0.717, 1.165) is 36.0 Å². The number of halogens is 1. The van der Waals surface area contributed by atoms with Gasteiger partial charge in [-0.05, 0) is 29.9 Å². The molecule has 7 heteroatoms. The second kappa shape index (κ2) is 11.7. The maximum absolute atomic E-state index is 11.3. The van der Waals surface area contributed by atoms with Gasteiger partial charge in [0.1, 0.15) is 0 Å². The Hall–Kier alpha value is -0.830. The average Bonchev–Trinajstić information content (AvgIpc) is 2.46. The molecule has 1 aromatic carbocycles. The summed E-state index contributed by atoms with van der Waals surface area (Å²) in [4.78, 5) is 4.20. The van der Waals surface area contributed by atoms with Gasteiger partial charge in [-0.2, -0.15) is 0 Å². The van der Waals surface area contributed by atoms with Crippen LogP contribution in [0.4, 0.5) is 0 Å². The molecule has 0 radical (unpaired) electrons. The number of sulfone groups is 1. The van der Waals surface area contributed by atoms with Crippen molar-refractivity contribution in [3.05, 3.63) is 35.4 Å². The molecule has 0 bridgehead atoms. The highest BCUT2D eigenvalue weighted by Crippen LogP contribution is 2.07. The second-order valence-corrected chi connectivity index (χ2v) is 8.42. The number of benzene rings is 1. The molecular weight excluding hydrogens is 437 g/mol. The van der Waals surface area contributed by atoms with E-state index in [1.165, 1.54) is 12.7 Å². The van der Waals surface area contributed by atoms with Gasteiger partial charge in [-0.3, -0.25) is 4.99 Å². The van der Waals surface area contributed by atoms with E-state index in [1.54, 1.807) is 7.05 Å². The number of nitrogens with one attached hydrogen (secondary N) is 2. The first-order chi connectivity index (χ1) is 10.8. The molecule has 0 unspecified atom stereocenters. The first-order valence-corrected chi connectivity index (χ1v) is 10.1. The molecule has 1 rings (SSSR count). The minimum Gasteiger partial charge on any atom is -0.356 e. The third kappa shape index (κ3) is 10.9. The van der Waals surface area contributed by atoms with E-state index in [1.807, 2.05) is 24.3 Å². The van der Waals surface area contributed by atoms with Gasteiger partial charge in [0.05, 0.1) is 5.75 Å². The first-order valence-electron chi connectivity index (χ1n) is 8.00. The zero-order valence-electron chi connectivity index (χ0n) is 15.0. The van der Waals surface area contributed by atoms with Crippen molar-refractivity contribution in [1.29, 1.82) is 0 Å². The lowest BCUT2D eigenvalue weighted by Gasteiger charge is -2.12. The number of aliphatic imine (C=N–C) groups is 1. The molecule has 0 atom stereocenters. The van der Waals surface area contributed by atoms with Gasteiger partial charge in [-0.15, -0.1) is 24.0 Å². The fourth-order valence-electron chi connectivity index (χ4n) is 2.18. The zero-order chi connectivity index (χ0) is 17.3. The fraction of sp³-hybridized carbons (Fsp3) is 0.588. The lowest BCUT2D eigenvalue weighted by Crippen LogP contribution is -2.37. The van der Waals surface area contributed by atoms with Gasteiger partial charge in [0, 0.05) is 26.4 Å². The van der Waals surface area contributed by atoms with Gasteiger partial charge in [0.2, 0.25) is 0 Å². The van der Waals surface area contributed by atoms with E-state index < -0.39 is 9.84 Å². The van der Waals surface area contributed by atoms with Gasteiger partial charge in [-0.25, -0.2) is 8.42 Å². The number of hydrogen-bond acceptors (Lipinski definition) is 3. The number of nitrogens with zero attached hydrogens (tertiary/aromatic N) is 1. The quantitative estimate of drug-likeness (QED) is 0.267. The lowest BCUT2D eigenvalue weighted by atomic mass is 10.1. The minimum absolute atomic E-state index is 0. The number of rotatable bonds is 8. The molecule has 0 aliphatic heterocycles. The molecule has 24 heavy (non-hydrogen) atoms. The summed E-state index contributed by atoms with van der Waals surface area (Å²) < 4.78 is 22.5. The number of hydrogen-bond donors (Lipinski definition) is 2. The summed E-state index contributed by atoms with van der Waals surface area (Å²) in [5.41, 5.74) is 1.90. The average molecular weight is 467 g/mol. The molecule has 0 spiro atoms. The topological polar surface area (TPSA) is 70.6 Å². The summed E-state index contributed by atoms with van der Waals surface area (Å²) in [5, 5.41) is 6.56. The molecule has 0 fully saturated rings.